The molecule has 0 fully saturated rings. The molecule has 1 rings (SSSR count). The second-order valence-corrected chi connectivity index (χ2v) is 5.73. The fourth-order valence-corrected chi connectivity index (χ4v) is 3.10. The van der Waals surface area contributed by atoms with Gasteiger partial charge >= 0.3 is 0 Å². The van der Waals surface area contributed by atoms with Crippen LogP contribution in [-0.2, 0) is 4.79 Å². The van der Waals surface area contributed by atoms with E-state index in [0.717, 1.165) is 24.8 Å². The zero-order valence-corrected chi connectivity index (χ0v) is 11.3. The third-order valence-electron chi connectivity index (χ3n) is 3.37. The molecule has 0 bridgehead atoms. The van der Waals surface area contributed by atoms with Crippen molar-refractivity contribution in [3.8, 4) is 0 Å². The smallest absolute Gasteiger partial charge is 0.181 e. The van der Waals surface area contributed by atoms with E-state index >= 15 is 0 Å². The molecule has 0 radical (unpaired) electrons. The third kappa shape index (κ3) is 2.84. The van der Waals surface area contributed by atoms with Crippen molar-refractivity contribution in [1.82, 2.24) is 0 Å². The van der Waals surface area contributed by atoms with Gasteiger partial charge in [0.15, 0.2) is 5.78 Å². The van der Waals surface area contributed by atoms with Crippen LogP contribution in [0.3, 0.4) is 0 Å². The van der Waals surface area contributed by atoms with Crippen LogP contribution in [0, 0.1) is 11.3 Å². The van der Waals surface area contributed by atoms with Gasteiger partial charge < -0.3 is 0 Å². The summed E-state index contributed by atoms with van der Waals surface area (Å²) in [4.78, 5) is 12.1. The molecule has 1 atom stereocenters. The molecule has 1 aliphatic rings. The predicted octanol–water partition coefficient (Wildman–Crippen LogP) is 4.29. The van der Waals surface area contributed by atoms with Gasteiger partial charge in [-0.05, 0) is 43.6 Å². The van der Waals surface area contributed by atoms with Crippen LogP contribution >= 0.6 is 0 Å². The first-order valence-corrected chi connectivity index (χ1v) is 6.29. The summed E-state index contributed by atoms with van der Waals surface area (Å²) < 4.78 is 0. The summed E-state index contributed by atoms with van der Waals surface area (Å²) in [5.41, 5.74) is 2.38. The van der Waals surface area contributed by atoms with E-state index in [4.69, 9.17) is 0 Å². The Morgan fingerprint density at radius 3 is 2.62 bits per heavy atom. The molecule has 16 heavy (non-hydrogen) atoms. The number of carbonyl (C=O) groups excluding carboxylic acids is 1. The monoisotopic (exact) mass is 220 g/mol. The summed E-state index contributed by atoms with van der Waals surface area (Å²) in [5, 5.41) is 0. The van der Waals surface area contributed by atoms with Crippen molar-refractivity contribution in [2.75, 3.05) is 0 Å². The van der Waals surface area contributed by atoms with Crippen LogP contribution < -0.4 is 0 Å². The van der Waals surface area contributed by atoms with Gasteiger partial charge in [-0.3, -0.25) is 4.79 Å². The minimum absolute atomic E-state index is 0.0386. The van der Waals surface area contributed by atoms with Crippen molar-refractivity contribution < 1.29 is 4.79 Å². The van der Waals surface area contributed by atoms with E-state index in [9.17, 15) is 4.79 Å². The minimum atomic E-state index is 0.0386. The van der Waals surface area contributed by atoms with Gasteiger partial charge in [-0.1, -0.05) is 39.3 Å². The van der Waals surface area contributed by atoms with E-state index in [1.807, 2.05) is 6.08 Å². The lowest BCUT2D eigenvalue weighted by atomic mass is 9.67. The summed E-state index contributed by atoms with van der Waals surface area (Å²) in [7, 11) is 0. The van der Waals surface area contributed by atoms with Gasteiger partial charge in [0.1, 0.15) is 0 Å². The molecule has 1 unspecified atom stereocenters. The SMILES string of the molecule is CCC=CC(=O)C1=C(C)CC(C)CC1(C)C. The molecule has 0 N–H and O–H groups in total. The molecule has 0 aromatic carbocycles. The fourth-order valence-electron chi connectivity index (χ4n) is 3.10. The van der Waals surface area contributed by atoms with E-state index in [-0.39, 0.29) is 11.2 Å². The van der Waals surface area contributed by atoms with Gasteiger partial charge in [0, 0.05) is 5.57 Å². The Kier molecular flexibility index (Phi) is 4.12. The van der Waals surface area contributed by atoms with Crippen molar-refractivity contribution in [3.05, 3.63) is 23.3 Å². The van der Waals surface area contributed by atoms with Crippen molar-refractivity contribution in [2.45, 2.75) is 53.9 Å². The first kappa shape index (κ1) is 13.2. The third-order valence-corrected chi connectivity index (χ3v) is 3.37. The average molecular weight is 220 g/mol. The molecule has 0 saturated carbocycles. The van der Waals surface area contributed by atoms with Crippen molar-refractivity contribution in [1.29, 1.82) is 0 Å². The largest absolute Gasteiger partial charge is 0.290 e. The summed E-state index contributed by atoms with van der Waals surface area (Å²) in [6, 6.07) is 0. The second kappa shape index (κ2) is 4.99. The number of rotatable bonds is 3. The van der Waals surface area contributed by atoms with Crippen molar-refractivity contribution in [3.63, 3.8) is 0 Å². The predicted molar refractivity (Wildman–Crippen MR) is 69.3 cm³/mol. The molecule has 90 valence electrons. The molecule has 1 nitrogen and oxygen atoms in total. The molecule has 0 amide bonds. The summed E-state index contributed by atoms with van der Waals surface area (Å²) in [5.74, 6) is 0.915. The molecule has 0 aliphatic heterocycles. The van der Waals surface area contributed by atoms with Gasteiger partial charge in [-0.2, -0.15) is 0 Å². The zero-order chi connectivity index (χ0) is 12.3. The molecule has 0 spiro atoms. The lowest BCUT2D eigenvalue weighted by Crippen LogP contribution is -2.28. The maximum absolute atomic E-state index is 12.1. The molecule has 0 saturated heterocycles. The molecule has 0 aromatic rings. The van der Waals surface area contributed by atoms with Crippen LogP contribution in [0.4, 0.5) is 0 Å². The molecular formula is C15H24O. The Bertz CT molecular complexity index is 331. The molecule has 0 aromatic heterocycles. The van der Waals surface area contributed by atoms with Crippen LogP contribution in [-0.4, -0.2) is 5.78 Å². The number of hydrogen-bond acceptors (Lipinski definition) is 1. The second-order valence-electron chi connectivity index (χ2n) is 5.73. The quantitative estimate of drug-likeness (QED) is 0.648. The fraction of sp³-hybridized carbons (Fsp3) is 0.667. The Balaban J connectivity index is 3.03. The number of carbonyl (C=O) groups is 1. The Hall–Kier alpha value is -0.850. The topological polar surface area (TPSA) is 17.1 Å². The average Bonchev–Trinajstić information content (AvgIpc) is 2.11. The van der Waals surface area contributed by atoms with Crippen molar-refractivity contribution >= 4 is 5.78 Å². The van der Waals surface area contributed by atoms with Crippen LogP contribution in [0.1, 0.15) is 53.9 Å². The van der Waals surface area contributed by atoms with Crippen LogP contribution in [0.5, 0.6) is 0 Å². The zero-order valence-electron chi connectivity index (χ0n) is 11.3. The first-order chi connectivity index (χ1) is 7.38. The molecular weight excluding hydrogens is 196 g/mol. The lowest BCUT2D eigenvalue weighted by molar-refractivity contribution is -0.112. The van der Waals surface area contributed by atoms with Gasteiger partial charge in [0.25, 0.3) is 0 Å². The number of allylic oxidation sites excluding steroid dienone is 4. The van der Waals surface area contributed by atoms with E-state index in [1.54, 1.807) is 6.08 Å². The van der Waals surface area contributed by atoms with Gasteiger partial charge in [0.05, 0.1) is 0 Å². The maximum atomic E-state index is 12.1. The standard InChI is InChI=1S/C15H24O/c1-6-7-8-13(16)14-12(3)9-11(2)10-15(14,4)5/h7-8,11H,6,9-10H2,1-5H3. The first-order valence-electron chi connectivity index (χ1n) is 6.29. The minimum Gasteiger partial charge on any atom is -0.290 e. The van der Waals surface area contributed by atoms with E-state index in [0.29, 0.717) is 5.92 Å². The van der Waals surface area contributed by atoms with Crippen molar-refractivity contribution in [2.24, 2.45) is 11.3 Å². The molecule has 0 heterocycles. The van der Waals surface area contributed by atoms with Gasteiger partial charge in [0.2, 0.25) is 0 Å². The highest BCUT2D eigenvalue weighted by molar-refractivity contribution is 6.05. The Morgan fingerprint density at radius 1 is 1.50 bits per heavy atom. The maximum Gasteiger partial charge on any atom is 0.181 e. The highest BCUT2D eigenvalue weighted by Gasteiger charge is 2.34. The Labute approximate surface area is 99.6 Å². The molecule has 1 heteroatoms. The summed E-state index contributed by atoms with van der Waals surface area (Å²) in [6.45, 7) is 10.8. The Morgan fingerprint density at radius 2 is 2.12 bits per heavy atom. The van der Waals surface area contributed by atoms with Crippen LogP contribution in [0.2, 0.25) is 0 Å². The molecule has 1 aliphatic carbocycles. The van der Waals surface area contributed by atoms with E-state index in [2.05, 4.69) is 34.6 Å². The van der Waals surface area contributed by atoms with E-state index < -0.39 is 0 Å². The van der Waals surface area contributed by atoms with Crippen LogP contribution in [0.15, 0.2) is 23.3 Å². The summed E-state index contributed by atoms with van der Waals surface area (Å²) >= 11 is 0. The van der Waals surface area contributed by atoms with Crippen LogP contribution in [0.25, 0.3) is 0 Å². The van der Waals surface area contributed by atoms with E-state index in [1.165, 1.54) is 5.57 Å². The highest BCUT2D eigenvalue weighted by Crippen LogP contribution is 2.43. The summed E-state index contributed by atoms with van der Waals surface area (Å²) in [6.07, 6.45) is 6.82. The normalized spacial score (nSPS) is 25.2. The highest BCUT2D eigenvalue weighted by atomic mass is 16.1. The lowest BCUT2D eigenvalue weighted by Gasteiger charge is -2.36. The van der Waals surface area contributed by atoms with Gasteiger partial charge in [-0.25, -0.2) is 0 Å². The number of ketones is 1. The van der Waals surface area contributed by atoms with Gasteiger partial charge in [-0.15, -0.1) is 0 Å². The number of hydrogen-bond donors (Lipinski definition) is 0.